The number of halogens is 1. The Labute approximate surface area is 118 Å². The predicted octanol–water partition coefficient (Wildman–Crippen LogP) is 2.18. The van der Waals surface area contributed by atoms with Gasteiger partial charge in [-0.1, -0.05) is 18.0 Å². The Kier molecular flexibility index (Phi) is 4.77. The van der Waals surface area contributed by atoms with E-state index in [1.807, 2.05) is 0 Å². The fourth-order valence-corrected chi connectivity index (χ4v) is 2.96. The van der Waals surface area contributed by atoms with Gasteiger partial charge >= 0.3 is 0 Å². The van der Waals surface area contributed by atoms with Gasteiger partial charge in [0, 0.05) is 24.4 Å². The van der Waals surface area contributed by atoms with Crippen LogP contribution in [-0.2, 0) is 0 Å². The minimum atomic E-state index is -0.129. The molecular weight excluding hydrogens is 264 g/mol. The summed E-state index contributed by atoms with van der Waals surface area (Å²) in [6, 6.07) is 3.29. The highest BCUT2D eigenvalue weighted by molar-refractivity contribution is 6.29. The SMILES string of the molecule is Cc1cc(C(=O)NCC2CCCC2CO)cc(Cl)n1. The van der Waals surface area contributed by atoms with Gasteiger partial charge in [0.1, 0.15) is 5.15 Å². The number of pyridine rings is 1. The Morgan fingerprint density at radius 3 is 2.89 bits per heavy atom. The highest BCUT2D eigenvalue weighted by Gasteiger charge is 2.26. The molecule has 2 unspecified atom stereocenters. The lowest BCUT2D eigenvalue weighted by atomic mass is 9.97. The lowest BCUT2D eigenvalue weighted by Crippen LogP contribution is -2.31. The summed E-state index contributed by atoms with van der Waals surface area (Å²) >= 11 is 5.84. The highest BCUT2D eigenvalue weighted by Crippen LogP contribution is 2.30. The zero-order chi connectivity index (χ0) is 13.8. The smallest absolute Gasteiger partial charge is 0.251 e. The van der Waals surface area contributed by atoms with Crippen molar-refractivity contribution in [2.24, 2.45) is 11.8 Å². The third kappa shape index (κ3) is 3.67. The molecule has 1 aromatic rings. The molecule has 19 heavy (non-hydrogen) atoms. The summed E-state index contributed by atoms with van der Waals surface area (Å²) in [5.41, 5.74) is 1.27. The first-order valence-corrected chi connectivity index (χ1v) is 7.01. The van der Waals surface area contributed by atoms with Crippen LogP contribution in [0.15, 0.2) is 12.1 Å². The normalized spacial score (nSPS) is 22.5. The zero-order valence-corrected chi connectivity index (χ0v) is 11.8. The average Bonchev–Trinajstić information content (AvgIpc) is 2.82. The van der Waals surface area contributed by atoms with Gasteiger partial charge in [0.15, 0.2) is 0 Å². The number of rotatable bonds is 4. The number of carbonyl (C=O) groups excluding carboxylic acids is 1. The van der Waals surface area contributed by atoms with Crippen molar-refractivity contribution >= 4 is 17.5 Å². The lowest BCUT2D eigenvalue weighted by molar-refractivity contribution is 0.0937. The number of aliphatic hydroxyl groups is 1. The first kappa shape index (κ1) is 14.3. The van der Waals surface area contributed by atoms with Gasteiger partial charge in [-0.15, -0.1) is 0 Å². The molecule has 1 amide bonds. The van der Waals surface area contributed by atoms with Gasteiger partial charge in [0.25, 0.3) is 5.91 Å². The first-order chi connectivity index (χ1) is 9.10. The number of aryl methyl sites for hydroxylation is 1. The number of hydrogen-bond acceptors (Lipinski definition) is 3. The van der Waals surface area contributed by atoms with Gasteiger partial charge in [-0.05, 0) is 43.7 Å². The van der Waals surface area contributed by atoms with Crippen LogP contribution in [0.3, 0.4) is 0 Å². The second-order valence-corrected chi connectivity index (χ2v) is 5.55. The van der Waals surface area contributed by atoms with E-state index >= 15 is 0 Å². The van der Waals surface area contributed by atoms with Gasteiger partial charge in [-0.2, -0.15) is 0 Å². The molecule has 0 saturated heterocycles. The minimum absolute atomic E-state index is 0.129. The quantitative estimate of drug-likeness (QED) is 0.832. The van der Waals surface area contributed by atoms with Crippen molar-refractivity contribution in [2.75, 3.05) is 13.2 Å². The van der Waals surface area contributed by atoms with Crippen LogP contribution in [0, 0.1) is 18.8 Å². The number of amides is 1. The molecule has 0 radical (unpaired) electrons. The fourth-order valence-electron chi connectivity index (χ4n) is 2.71. The summed E-state index contributed by atoms with van der Waals surface area (Å²) in [5, 5.41) is 12.5. The number of aliphatic hydroxyl groups excluding tert-OH is 1. The van der Waals surface area contributed by atoms with Crippen molar-refractivity contribution in [3.8, 4) is 0 Å². The van der Waals surface area contributed by atoms with Crippen molar-refractivity contribution in [3.63, 3.8) is 0 Å². The Bertz CT molecular complexity index is 445. The number of hydrogen-bond donors (Lipinski definition) is 2. The Balaban J connectivity index is 1.94. The molecule has 1 heterocycles. The first-order valence-electron chi connectivity index (χ1n) is 6.63. The van der Waals surface area contributed by atoms with Gasteiger partial charge in [-0.3, -0.25) is 4.79 Å². The monoisotopic (exact) mass is 282 g/mol. The van der Waals surface area contributed by atoms with Crippen LogP contribution < -0.4 is 5.32 Å². The molecule has 1 aliphatic rings. The molecule has 1 saturated carbocycles. The summed E-state index contributed by atoms with van der Waals surface area (Å²) in [4.78, 5) is 16.1. The molecule has 0 spiro atoms. The highest BCUT2D eigenvalue weighted by atomic mass is 35.5. The van der Waals surface area contributed by atoms with Gasteiger partial charge in [-0.25, -0.2) is 4.98 Å². The third-order valence-electron chi connectivity index (χ3n) is 3.76. The molecule has 2 rings (SSSR count). The summed E-state index contributed by atoms with van der Waals surface area (Å²) in [6.45, 7) is 2.63. The van der Waals surface area contributed by atoms with Gasteiger partial charge in [0.05, 0.1) is 0 Å². The zero-order valence-electron chi connectivity index (χ0n) is 11.0. The van der Waals surface area contributed by atoms with Crippen molar-refractivity contribution in [1.82, 2.24) is 10.3 Å². The summed E-state index contributed by atoms with van der Waals surface area (Å²) in [5.74, 6) is 0.575. The molecule has 0 bridgehead atoms. The third-order valence-corrected chi connectivity index (χ3v) is 3.95. The van der Waals surface area contributed by atoms with E-state index < -0.39 is 0 Å². The van der Waals surface area contributed by atoms with Crippen LogP contribution in [-0.4, -0.2) is 29.1 Å². The van der Waals surface area contributed by atoms with E-state index in [1.165, 1.54) is 0 Å². The predicted molar refractivity (Wildman–Crippen MR) is 74.2 cm³/mol. The second kappa shape index (κ2) is 6.35. The molecule has 0 aliphatic heterocycles. The Morgan fingerprint density at radius 2 is 2.21 bits per heavy atom. The Morgan fingerprint density at radius 1 is 1.47 bits per heavy atom. The number of nitrogens with zero attached hydrogens (tertiary/aromatic N) is 1. The molecule has 5 heteroatoms. The van der Waals surface area contributed by atoms with E-state index in [0.717, 1.165) is 25.0 Å². The molecule has 1 aromatic heterocycles. The van der Waals surface area contributed by atoms with E-state index in [9.17, 15) is 9.90 Å². The number of aromatic nitrogens is 1. The molecule has 104 valence electrons. The van der Waals surface area contributed by atoms with E-state index in [1.54, 1.807) is 19.1 Å². The number of nitrogens with one attached hydrogen (secondary N) is 1. The average molecular weight is 283 g/mol. The molecular formula is C14H19ClN2O2. The number of carbonyl (C=O) groups is 1. The largest absolute Gasteiger partial charge is 0.396 e. The molecule has 2 atom stereocenters. The van der Waals surface area contributed by atoms with E-state index in [-0.39, 0.29) is 12.5 Å². The minimum Gasteiger partial charge on any atom is -0.396 e. The van der Waals surface area contributed by atoms with E-state index in [2.05, 4.69) is 10.3 Å². The van der Waals surface area contributed by atoms with Crippen LogP contribution >= 0.6 is 11.6 Å². The van der Waals surface area contributed by atoms with Gasteiger partial charge < -0.3 is 10.4 Å². The summed E-state index contributed by atoms with van der Waals surface area (Å²) < 4.78 is 0. The second-order valence-electron chi connectivity index (χ2n) is 5.16. The maximum atomic E-state index is 12.0. The van der Waals surface area contributed by atoms with Crippen molar-refractivity contribution in [3.05, 3.63) is 28.5 Å². The Hall–Kier alpha value is -1.13. The van der Waals surface area contributed by atoms with Crippen molar-refractivity contribution in [1.29, 1.82) is 0 Å². The van der Waals surface area contributed by atoms with Crippen LogP contribution in [0.1, 0.15) is 35.3 Å². The molecule has 1 fully saturated rings. The van der Waals surface area contributed by atoms with Crippen LogP contribution in [0.5, 0.6) is 0 Å². The summed E-state index contributed by atoms with van der Waals surface area (Å²) in [6.07, 6.45) is 3.25. The van der Waals surface area contributed by atoms with E-state index in [0.29, 0.717) is 29.1 Å². The van der Waals surface area contributed by atoms with Crippen LogP contribution in [0.2, 0.25) is 5.15 Å². The van der Waals surface area contributed by atoms with E-state index in [4.69, 9.17) is 11.6 Å². The van der Waals surface area contributed by atoms with Crippen molar-refractivity contribution < 1.29 is 9.90 Å². The van der Waals surface area contributed by atoms with Gasteiger partial charge in [0.2, 0.25) is 0 Å². The van der Waals surface area contributed by atoms with Crippen LogP contribution in [0.4, 0.5) is 0 Å². The molecule has 2 N–H and O–H groups in total. The topological polar surface area (TPSA) is 62.2 Å². The fraction of sp³-hybridized carbons (Fsp3) is 0.571. The molecule has 1 aliphatic carbocycles. The molecule has 4 nitrogen and oxygen atoms in total. The summed E-state index contributed by atoms with van der Waals surface area (Å²) in [7, 11) is 0. The maximum Gasteiger partial charge on any atom is 0.251 e. The maximum absolute atomic E-state index is 12.0. The standard InChI is InChI=1S/C14H19ClN2O2/c1-9-5-12(6-13(15)17-9)14(19)16-7-10-3-2-4-11(10)8-18/h5-6,10-11,18H,2-4,7-8H2,1H3,(H,16,19). The molecule has 0 aromatic carbocycles. The van der Waals surface area contributed by atoms with Crippen LogP contribution in [0.25, 0.3) is 0 Å². The lowest BCUT2D eigenvalue weighted by Gasteiger charge is -2.17. The van der Waals surface area contributed by atoms with Crippen molar-refractivity contribution in [2.45, 2.75) is 26.2 Å².